The third kappa shape index (κ3) is 4.70. The normalized spacial score (nSPS) is 16.5. The lowest BCUT2D eigenvalue weighted by Crippen LogP contribution is -2.41. The van der Waals surface area contributed by atoms with Gasteiger partial charge in [0, 0.05) is 25.1 Å². The van der Waals surface area contributed by atoms with Crippen molar-refractivity contribution >= 4 is 5.91 Å². The molecule has 1 fully saturated rings. The highest BCUT2D eigenvalue weighted by Gasteiger charge is 2.25. The van der Waals surface area contributed by atoms with Crippen LogP contribution in [0.5, 0.6) is 5.75 Å². The molecule has 0 N–H and O–H groups in total. The van der Waals surface area contributed by atoms with Gasteiger partial charge >= 0.3 is 0 Å². The number of benzene rings is 2. The summed E-state index contributed by atoms with van der Waals surface area (Å²) in [5.41, 5.74) is 3.12. The van der Waals surface area contributed by atoms with E-state index in [2.05, 4.69) is 10.1 Å². The first-order chi connectivity index (χ1) is 14.6. The van der Waals surface area contributed by atoms with Gasteiger partial charge in [0.1, 0.15) is 5.75 Å². The number of likely N-dealkylation sites (tertiary alicyclic amines) is 1. The lowest BCUT2D eigenvalue weighted by molar-refractivity contribution is -0.132. The molecule has 6 nitrogen and oxygen atoms in total. The van der Waals surface area contributed by atoms with E-state index in [4.69, 9.17) is 9.26 Å². The maximum atomic E-state index is 12.8. The van der Waals surface area contributed by atoms with Crippen LogP contribution in [-0.4, -0.2) is 41.1 Å². The van der Waals surface area contributed by atoms with Crippen molar-refractivity contribution in [3.63, 3.8) is 0 Å². The highest BCUT2D eigenvalue weighted by atomic mass is 16.5. The Bertz CT molecular complexity index is 997. The smallest absolute Gasteiger partial charge is 0.227 e. The molecule has 1 aliphatic rings. The number of rotatable bonds is 6. The van der Waals surface area contributed by atoms with Crippen molar-refractivity contribution < 1.29 is 14.1 Å². The molecule has 156 valence electrons. The molecule has 0 radical (unpaired) electrons. The summed E-state index contributed by atoms with van der Waals surface area (Å²) in [6, 6.07) is 15.7. The fourth-order valence-corrected chi connectivity index (χ4v) is 4.01. The first kappa shape index (κ1) is 20.1. The average molecular weight is 405 g/mol. The van der Waals surface area contributed by atoms with Crippen LogP contribution in [0.2, 0.25) is 0 Å². The van der Waals surface area contributed by atoms with Gasteiger partial charge in [0.15, 0.2) is 0 Å². The van der Waals surface area contributed by atoms with Crippen LogP contribution in [0.4, 0.5) is 0 Å². The summed E-state index contributed by atoms with van der Waals surface area (Å²) >= 11 is 0. The lowest BCUT2D eigenvalue weighted by Gasteiger charge is -2.32. The summed E-state index contributed by atoms with van der Waals surface area (Å²) in [4.78, 5) is 19.4. The molecule has 1 aliphatic heterocycles. The quantitative estimate of drug-likeness (QED) is 0.618. The second-order valence-electron chi connectivity index (χ2n) is 7.90. The van der Waals surface area contributed by atoms with E-state index in [1.807, 2.05) is 60.4 Å². The van der Waals surface area contributed by atoms with Crippen LogP contribution in [0.15, 0.2) is 53.1 Å². The maximum absolute atomic E-state index is 12.8. The highest BCUT2D eigenvalue weighted by Crippen LogP contribution is 2.24. The van der Waals surface area contributed by atoms with Gasteiger partial charge in [-0.15, -0.1) is 0 Å². The van der Waals surface area contributed by atoms with Gasteiger partial charge in [-0.05, 0) is 48.9 Å². The summed E-state index contributed by atoms with van der Waals surface area (Å²) < 4.78 is 10.7. The molecule has 1 aromatic heterocycles. The van der Waals surface area contributed by atoms with Crippen LogP contribution < -0.4 is 4.74 Å². The molecule has 1 saturated heterocycles. The molecule has 0 spiro atoms. The second-order valence-corrected chi connectivity index (χ2v) is 7.90. The third-order valence-corrected chi connectivity index (χ3v) is 5.70. The van der Waals surface area contributed by atoms with Crippen LogP contribution in [0.1, 0.15) is 29.9 Å². The van der Waals surface area contributed by atoms with E-state index in [1.54, 1.807) is 7.11 Å². The highest BCUT2D eigenvalue weighted by molar-refractivity contribution is 5.79. The predicted molar refractivity (Wildman–Crippen MR) is 114 cm³/mol. The lowest BCUT2D eigenvalue weighted by atomic mass is 9.94. The Morgan fingerprint density at radius 3 is 2.77 bits per heavy atom. The van der Waals surface area contributed by atoms with Crippen molar-refractivity contribution in [2.75, 3.05) is 20.2 Å². The van der Waals surface area contributed by atoms with Crippen LogP contribution >= 0.6 is 0 Å². The second kappa shape index (κ2) is 9.11. The fraction of sp³-hybridized carbons (Fsp3) is 0.375. The van der Waals surface area contributed by atoms with Gasteiger partial charge in [0.2, 0.25) is 17.6 Å². The Labute approximate surface area is 176 Å². The van der Waals surface area contributed by atoms with E-state index in [1.165, 1.54) is 0 Å². The standard InChI is InChI=1S/C24H27N3O3/c1-17-6-3-4-8-21(17)24-25-22(30-26-24)14-19-7-5-13-27(16-19)23(28)15-18-9-11-20(29-2)12-10-18/h3-4,6,8-12,19H,5,7,13-16H2,1-2H3. The van der Waals surface area contributed by atoms with Crippen LogP contribution in [0.3, 0.4) is 0 Å². The number of hydrogen-bond donors (Lipinski definition) is 0. The SMILES string of the molecule is COc1ccc(CC(=O)N2CCCC(Cc3nc(-c4ccccc4C)no3)C2)cc1. The molecule has 4 rings (SSSR count). The van der Waals surface area contributed by atoms with E-state index < -0.39 is 0 Å². The number of amides is 1. The predicted octanol–water partition coefficient (Wildman–Crippen LogP) is 4.08. The zero-order valence-corrected chi connectivity index (χ0v) is 17.5. The van der Waals surface area contributed by atoms with E-state index in [0.29, 0.717) is 30.5 Å². The minimum atomic E-state index is 0.163. The number of ether oxygens (including phenoxy) is 1. The van der Waals surface area contributed by atoms with Crippen molar-refractivity contribution in [3.05, 3.63) is 65.5 Å². The van der Waals surface area contributed by atoms with Crippen LogP contribution in [0.25, 0.3) is 11.4 Å². The minimum absolute atomic E-state index is 0.163. The first-order valence-corrected chi connectivity index (χ1v) is 10.4. The van der Waals surface area contributed by atoms with Crippen LogP contribution in [0, 0.1) is 12.8 Å². The topological polar surface area (TPSA) is 68.5 Å². The molecule has 30 heavy (non-hydrogen) atoms. The van der Waals surface area contributed by atoms with E-state index in [9.17, 15) is 4.79 Å². The molecule has 2 heterocycles. The number of hydrogen-bond acceptors (Lipinski definition) is 5. The molecule has 0 saturated carbocycles. The molecule has 1 unspecified atom stereocenters. The first-order valence-electron chi connectivity index (χ1n) is 10.4. The van der Waals surface area contributed by atoms with E-state index in [0.717, 1.165) is 48.4 Å². The van der Waals surface area contributed by atoms with E-state index in [-0.39, 0.29) is 5.91 Å². The summed E-state index contributed by atoms with van der Waals surface area (Å²) in [5.74, 6) is 2.57. The number of carbonyl (C=O) groups excluding carboxylic acids is 1. The Morgan fingerprint density at radius 2 is 2.00 bits per heavy atom. The Hall–Kier alpha value is -3.15. The molecular weight excluding hydrogens is 378 g/mol. The number of carbonyl (C=O) groups is 1. The van der Waals surface area contributed by atoms with Gasteiger partial charge in [0.05, 0.1) is 13.5 Å². The molecule has 0 bridgehead atoms. The van der Waals surface area contributed by atoms with Gasteiger partial charge in [-0.3, -0.25) is 4.79 Å². The number of aromatic nitrogens is 2. The minimum Gasteiger partial charge on any atom is -0.497 e. The molecular formula is C24H27N3O3. The molecule has 2 aromatic carbocycles. The molecule has 1 atom stereocenters. The summed E-state index contributed by atoms with van der Waals surface area (Å²) in [7, 11) is 1.64. The Balaban J connectivity index is 1.36. The largest absolute Gasteiger partial charge is 0.497 e. The fourth-order valence-electron chi connectivity index (χ4n) is 4.01. The molecule has 3 aromatic rings. The number of piperidine rings is 1. The zero-order valence-electron chi connectivity index (χ0n) is 17.5. The summed E-state index contributed by atoms with van der Waals surface area (Å²) in [5, 5.41) is 4.16. The van der Waals surface area contributed by atoms with Crippen molar-refractivity contribution in [1.82, 2.24) is 15.0 Å². The third-order valence-electron chi connectivity index (χ3n) is 5.70. The van der Waals surface area contributed by atoms with Crippen molar-refractivity contribution in [3.8, 4) is 17.1 Å². The Morgan fingerprint density at radius 1 is 1.20 bits per heavy atom. The van der Waals surface area contributed by atoms with Crippen molar-refractivity contribution in [2.45, 2.75) is 32.6 Å². The van der Waals surface area contributed by atoms with Crippen LogP contribution in [-0.2, 0) is 17.6 Å². The number of methoxy groups -OCH3 is 1. The van der Waals surface area contributed by atoms with Gasteiger partial charge in [0.25, 0.3) is 0 Å². The summed E-state index contributed by atoms with van der Waals surface area (Å²) in [6.07, 6.45) is 3.17. The van der Waals surface area contributed by atoms with Crippen molar-refractivity contribution in [2.24, 2.45) is 5.92 Å². The molecule has 0 aliphatic carbocycles. The maximum Gasteiger partial charge on any atom is 0.227 e. The number of nitrogens with zero attached hydrogens (tertiary/aromatic N) is 3. The zero-order chi connectivity index (χ0) is 20.9. The Kier molecular flexibility index (Phi) is 6.12. The summed E-state index contributed by atoms with van der Waals surface area (Å²) in [6.45, 7) is 3.58. The average Bonchev–Trinajstić information content (AvgIpc) is 3.23. The molecule has 1 amide bonds. The monoisotopic (exact) mass is 405 g/mol. The van der Waals surface area contributed by atoms with E-state index >= 15 is 0 Å². The van der Waals surface area contributed by atoms with Crippen molar-refractivity contribution in [1.29, 1.82) is 0 Å². The van der Waals surface area contributed by atoms with Gasteiger partial charge in [-0.1, -0.05) is 41.6 Å². The van der Waals surface area contributed by atoms with Gasteiger partial charge in [-0.2, -0.15) is 4.98 Å². The van der Waals surface area contributed by atoms with Gasteiger partial charge < -0.3 is 14.2 Å². The number of aryl methyl sites for hydroxylation is 1. The van der Waals surface area contributed by atoms with Gasteiger partial charge in [-0.25, -0.2) is 0 Å². The molecule has 6 heteroatoms.